The Bertz CT molecular complexity index is 511. The number of benzene rings is 1. The molecule has 1 aliphatic rings. The van der Waals surface area contributed by atoms with Crippen LogP contribution in [0.3, 0.4) is 0 Å². The summed E-state index contributed by atoms with van der Waals surface area (Å²) in [5, 5.41) is 0.702. The van der Waals surface area contributed by atoms with E-state index in [2.05, 4.69) is 0 Å². The molecule has 0 unspecified atom stereocenters. The van der Waals surface area contributed by atoms with Crippen molar-refractivity contribution in [2.45, 2.75) is 19.3 Å². The van der Waals surface area contributed by atoms with Crippen molar-refractivity contribution in [3.63, 3.8) is 0 Å². The third-order valence-corrected chi connectivity index (χ3v) is 4.28. The molecule has 1 heterocycles. The lowest BCUT2D eigenvalue weighted by Gasteiger charge is -2.34. The predicted octanol–water partition coefficient (Wildman–Crippen LogP) is 2.57. The molecule has 1 fully saturated rings. The summed E-state index contributed by atoms with van der Waals surface area (Å²) in [4.78, 5) is 27.6. The standard InChI is InChI=1S/C16H20Cl2N2O2/c17-8-7-16(22)20-11-9-19(10-12-20)15(21)6-3-13-1-4-14(18)5-2-13/h1-2,4-5H,3,6-12H2. The molecule has 0 saturated carbocycles. The van der Waals surface area contributed by atoms with Gasteiger partial charge in [0.25, 0.3) is 0 Å². The van der Waals surface area contributed by atoms with Crippen LogP contribution in [0.4, 0.5) is 0 Å². The van der Waals surface area contributed by atoms with Gasteiger partial charge in [-0.05, 0) is 24.1 Å². The number of hydrogen-bond acceptors (Lipinski definition) is 2. The monoisotopic (exact) mass is 342 g/mol. The van der Waals surface area contributed by atoms with E-state index < -0.39 is 0 Å². The number of aryl methyl sites for hydroxylation is 1. The number of nitrogens with zero attached hydrogens (tertiary/aromatic N) is 2. The maximum absolute atomic E-state index is 12.2. The largest absolute Gasteiger partial charge is 0.339 e. The van der Waals surface area contributed by atoms with Crippen molar-refractivity contribution in [3.8, 4) is 0 Å². The Morgan fingerprint density at radius 2 is 1.41 bits per heavy atom. The molecule has 0 aliphatic carbocycles. The highest BCUT2D eigenvalue weighted by Crippen LogP contribution is 2.12. The minimum absolute atomic E-state index is 0.0725. The van der Waals surface area contributed by atoms with Crippen molar-refractivity contribution in [2.24, 2.45) is 0 Å². The van der Waals surface area contributed by atoms with Crippen LogP contribution in [-0.4, -0.2) is 53.7 Å². The van der Waals surface area contributed by atoms with Crippen LogP contribution in [0.1, 0.15) is 18.4 Å². The number of hydrogen-bond donors (Lipinski definition) is 0. The van der Waals surface area contributed by atoms with E-state index in [0.717, 1.165) is 5.56 Å². The number of rotatable bonds is 5. The molecule has 0 spiro atoms. The van der Waals surface area contributed by atoms with Crippen LogP contribution >= 0.6 is 23.2 Å². The molecule has 0 aromatic heterocycles. The summed E-state index contributed by atoms with van der Waals surface area (Å²) in [5.41, 5.74) is 1.11. The van der Waals surface area contributed by atoms with Crippen LogP contribution in [0.5, 0.6) is 0 Å². The first-order valence-electron chi connectivity index (χ1n) is 7.46. The molecule has 2 rings (SSSR count). The first kappa shape index (κ1) is 17.1. The zero-order valence-corrected chi connectivity index (χ0v) is 13.9. The molecular formula is C16H20Cl2N2O2. The van der Waals surface area contributed by atoms with Gasteiger partial charge in [0.1, 0.15) is 0 Å². The zero-order valence-electron chi connectivity index (χ0n) is 12.4. The van der Waals surface area contributed by atoms with Gasteiger partial charge < -0.3 is 9.80 Å². The molecule has 6 heteroatoms. The lowest BCUT2D eigenvalue weighted by molar-refractivity contribution is -0.139. The van der Waals surface area contributed by atoms with Crippen molar-refractivity contribution in [1.82, 2.24) is 9.80 Å². The summed E-state index contributed by atoms with van der Waals surface area (Å²) >= 11 is 11.4. The van der Waals surface area contributed by atoms with Crippen molar-refractivity contribution < 1.29 is 9.59 Å². The summed E-state index contributed by atoms with van der Waals surface area (Å²) in [7, 11) is 0. The van der Waals surface area contributed by atoms with Gasteiger partial charge in [-0.3, -0.25) is 9.59 Å². The predicted molar refractivity (Wildman–Crippen MR) is 88.3 cm³/mol. The maximum atomic E-state index is 12.2. The average molecular weight is 343 g/mol. The summed E-state index contributed by atoms with van der Waals surface area (Å²) in [6.07, 6.45) is 1.56. The lowest BCUT2D eigenvalue weighted by atomic mass is 10.1. The van der Waals surface area contributed by atoms with Gasteiger partial charge in [0, 0.05) is 49.9 Å². The van der Waals surface area contributed by atoms with E-state index in [0.29, 0.717) is 56.3 Å². The average Bonchev–Trinajstić information content (AvgIpc) is 2.54. The molecule has 4 nitrogen and oxygen atoms in total. The minimum Gasteiger partial charge on any atom is -0.339 e. The third-order valence-electron chi connectivity index (χ3n) is 3.83. The Morgan fingerprint density at radius 1 is 0.909 bits per heavy atom. The number of piperazine rings is 1. The van der Waals surface area contributed by atoms with E-state index in [4.69, 9.17) is 23.2 Å². The Hall–Kier alpha value is -1.26. The Balaban J connectivity index is 1.75. The summed E-state index contributed by atoms with van der Waals surface area (Å²) in [6, 6.07) is 7.56. The smallest absolute Gasteiger partial charge is 0.223 e. The second-order valence-electron chi connectivity index (χ2n) is 5.33. The molecule has 1 aromatic rings. The molecule has 1 aromatic carbocycles. The van der Waals surface area contributed by atoms with Gasteiger partial charge >= 0.3 is 0 Å². The van der Waals surface area contributed by atoms with Gasteiger partial charge in [0.05, 0.1) is 0 Å². The van der Waals surface area contributed by atoms with E-state index in [-0.39, 0.29) is 11.8 Å². The first-order chi connectivity index (χ1) is 10.6. The summed E-state index contributed by atoms with van der Waals surface area (Å²) in [6.45, 7) is 2.41. The highest BCUT2D eigenvalue weighted by molar-refractivity contribution is 6.30. The molecule has 1 aliphatic heterocycles. The zero-order chi connectivity index (χ0) is 15.9. The van der Waals surface area contributed by atoms with E-state index >= 15 is 0 Å². The van der Waals surface area contributed by atoms with Crippen LogP contribution < -0.4 is 0 Å². The molecule has 0 atom stereocenters. The normalized spacial score (nSPS) is 15.0. The molecule has 22 heavy (non-hydrogen) atoms. The third kappa shape index (κ3) is 4.89. The van der Waals surface area contributed by atoms with Crippen molar-refractivity contribution >= 4 is 35.0 Å². The van der Waals surface area contributed by atoms with Gasteiger partial charge in [-0.2, -0.15) is 0 Å². The van der Waals surface area contributed by atoms with Crippen LogP contribution in [-0.2, 0) is 16.0 Å². The lowest BCUT2D eigenvalue weighted by Crippen LogP contribution is -2.50. The fourth-order valence-corrected chi connectivity index (χ4v) is 2.79. The van der Waals surface area contributed by atoms with Crippen LogP contribution in [0.25, 0.3) is 0 Å². The number of alkyl halides is 1. The van der Waals surface area contributed by atoms with E-state index in [1.165, 1.54) is 0 Å². The molecule has 0 N–H and O–H groups in total. The SMILES string of the molecule is O=C(CCCl)N1CCN(C(=O)CCc2ccc(Cl)cc2)CC1. The molecule has 1 saturated heterocycles. The van der Waals surface area contributed by atoms with Gasteiger partial charge in [0.15, 0.2) is 0 Å². The number of carbonyl (C=O) groups excluding carboxylic acids is 2. The van der Waals surface area contributed by atoms with Gasteiger partial charge in [-0.25, -0.2) is 0 Å². The maximum Gasteiger partial charge on any atom is 0.223 e. The molecule has 120 valence electrons. The first-order valence-corrected chi connectivity index (χ1v) is 8.37. The molecule has 0 bridgehead atoms. The van der Waals surface area contributed by atoms with Crippen molar-refractivity contribution in [3.05, 3.63) is 34.9 Å². The molecular weight excluding hydrogens is 323 g/mol. The topological polar surface area (TPSA) is 40.6 Å². The fourth-order valence-electron chi connectivity index (χ4n) is 2.50. The second-order valence-corrected chi connectivity index (χ2v) is 6.14. The Morgan fingerprint density at radius 3 is 1.91 bits per heavy atom. The number of amides is 2. The van der Waals surface area contributed by atoms with E-state index in [1.807, 2.05) is 29.2 Å². The quantitative estimate of drug-likeness (QED) is 0.771. The highest BCUT2D eigenvalue weighted by Gasteiger charge is 2.23. The van der Waals surface area contributed by atoms with Crippen molar-refractivity contribution in [2.75, 3.05) is 32.1 Å². The van der Waals surface area contributed by atoms with Crippen LogP contribution in [0.15, 0.2) is 24.3 Å². The molecule has 2 amide bonds. The minimum atomic E-state index is 0.0725. The Labute approximate surface area is 141 Å². The number of halogens is 2. The van der Waals surface area contributed by atoms with Crippen LogP contribution in [0, 0.1) is 0 Å². The van der Waals surface area contributed by atoms with E-state index in [1.54, 1.807) is 4.90 Å². The second kappa shape index (κ2) is 8.39. The van der Waals surface area contributed by atoms with Crippen molar-refractivity contribution in [1.29, 1.82) is 0 Å². The Kier molecular flexibility index (Phi) is 6.52. The number of carbonyl (C=O) groups is 2. The van der Waals surface area contributed by atoms with Gasteiger partial charge in [0.2, 0.25) is 11.8 Å². The van der Waals surface area contributed by atoms with E-state index in [9.17, 15) is 9.59 Å². The summed E-state index contributed by atoms with van der Waals surface area (Å²) in [5.74, 6) is 0.557. The van der Waals surface area contributed by atoms with Crippen LogP contribution in [0.2, 0.25) is 5.02 Å². The van der Waals surface area contributed by atoms with Gasteiger partial charge in [-0.1, -0.05) is 23.7 Å². The molecule has 0 radical (unpaired) electrons. The van der Waals surface area contributed by atoms with Gasteiger partial charge in [-0.15, -0.1) is 11.6 Å². The summed E-state index contributed by atoms with van der Waals surface area (Å²) < 4.78 is 0. The highest BCUT2D eigenvalue weighted by atomic mass is 35.5. The fraction of sp³-hybridized carbons (Fsp3) is 0.500.